The van der Waals surface area contributed by atoms with Crippen molar-refractivity contribution in [1.29, 1.82) is 0 Å². The SMILES string of the molecule is Cn1ccc2c(-n3cccc3)nc(-n3cnc4ccccc43)nc21. The molecule has 4 aromatic heterocycles. The van der Waals surface area contributed by atoms with Crippen molar-refractivity contribution in [3.63, 3.8) is 0 Å². The molecule has 1 aromatic carbocycles. The molecule has 0 saturated carbocycles. The number of aryl methyl sites for hydroxylation is 1. The van der Waals surface area contributed by atoms with Crippen LogP contribution < -0.4 is 0 Å². The van der Waals surface area contributed by atoms with E-state index in [0.717, 1.165) is 27.9 Å². The molecule has 0 bridgehead atoms. The predicted molar refractivity (Wildman–Crippen MR) is 92.5 cm³/mol. The Kier molecular flexibility index (Phi) is 2.61. The summed E-state index contributed by atoms with van der Waals surface area (Å²) in [4.78, 5) is 14.0. The molecule has 5 aromatic rings. The number of para-hydroxylation sites is 2. The molecule has 0 aliphatic carbocycles. The van der Waals surface area contributed by atoms with Gasteiger partial charge in [0.15, 0.2) is 5.82 Å². The molecule has 0 aliphatic rings. The number of aromatic nitrogens is 6. The topological polar surface area (TPSA) is 53.5 Å². The quantitative estimate of drug-likeness (QED) is 0.503. The van der Waals surface area contributed by atoms with Crippen molar-refractivity contribution in [2.24, 2.45) is 7.05 Å². The van der Waals surface area contributed by atoms with Crippen molar-refractivity contribution >= 4 is 22.1 Å². The van der Waals surface area contributed by atoms with Crippen molar-refractivity contribution in [2.75, 3.05) is 0 Å². The monoisotopic (exact) mass is 314 g/mol. The first-order valence-electron chi connectivity index (χ1n) is 7.70. The van der Waals surface area contributed by atoms with Crippen LogP contribution in [0.3, 0.4) is 0 Å². The van der Waals surface area contributed by atoms with Gasteiger partial charge in [0.1, 0.15) is 12.0 Å². The zero-order valence-corrected chi connectivity index (χ0v) is 13.0. The molecule has 0 unspecified atom stereocenters. The molecular formula is C18H14N6. The van der Waals surface area contributed by atoms with E-state index in [0.29, 0.717) is 5.95 Å². The van der Waals surface area contributed by atoms with Crippen molar-refractivity contribution in [3.05, 3.63) is 67.4 Å². The zero-order valence-electron chi connectivity index (χ0n) is 13.0. The average molecular weight is 314 g/mol. The largest absolute Gasteiger partial charge is 0.335 e. The zero-order chi connectivity index (χ0) is 16.1. The fraction of sp³-hybridized carbons (Fsp3) is 0.0556. The van der Waals surface area contributed by atoms with Crippen LogP contribution in [0, 0.1) is 0 Å². The molecule has 6 nitrogen and oxygen atoms in total. The lowest BCUT2D eigenvalue weighted by atomic mass is 10.3. The lowest BCUT2D eigenvalue weighted by Gasteiger charge is -2.09. The summed E-state index contributed by atoms with van der Waals surface area (Å²) in [5.41, 5.74) is 2.81. The second kappa shape index (κ2) is 4.79. The van der Waals surface area contributed by atoms with E-state index in [1.165, 1.54) is 0 Å². The molecule has 0 N–H and O–H groups in total. The smallest absolute Gasteiger partial charge is 0.239 e. The van der Waals surface area contributed by atoms with Gasteiger partial charge in [0.25, 0.3) is 0 Å². The third-order valence-electron chi connectivity index (χ3n) is 4.21. The molecule has 0 amide bonds. The highest BCUT2D eigenvalue weighted by atomic mass is 15.2. The van der Waals surface area contributed by atoms with Gasteiger partial charge in [-0.05, 0) is 30.3 Å². The maximum atomic E-state index is 4.81. The fourth-order valence-electron chi connectivity index (χ4n) is 3.01. The Morgan fingerprint density at radius 3 is 2.58 bits per heavy atom. The summed E-state index contributed by atoms with van der Waals surface area (Å²) in [5.74, 6) is 1.47. The second-order valence-electron chi connectivity index (χ2n) is 5.70. The van der Waals surface area contributed by atoms with Gasteiger partial charge in [-0.1, -0.05) is 12.1 Å². The maximum Gasteiger partial charge on any atom is 0.239 e. The number of rotatable bonds is 2. The molecule has 4 heterocycles. The molecule has 5 rings (SSSR count). The van der Waals surface area contributed by atoms with Gasteiger partial charge in [-0.2, -0.15) is 9.97 Å². The first kappa shape index (κ1) is 13.1. The minimum atomic E-state index is 0.613. The number of hydrogen-bond acceptors (Lipinski definition) is 3. The van der Waals surface area contributed by atoms with Crippen LogP contribution in [0.4, 0.5) is 0 Å². The van der Waals surface area contributed by atoms with E-state index in [1.807, 2.05) is 81.8 Å². The van der Waals surface area contributed by atoms with E-state index in [2.05, 4.69) is 4.98 Å². The van der Waals surface area contributed by atoms with Crippen LogP contribution in [0.25, 0.3) is 33.8 Å². The van der Waals surface area contributed by atoms with Crippen LogP contribution >= 0.6 is 0 Å². The van der Waals surface area contributed by atoms with Gasteiger partial charge in [-0.15, -0.1) is 0 Å². The van der Waals surface area contributed by atoms with Crippen LogP contribution in [0.5, 0.6) is 0 Å². The number of nitrogens with zero attached hydrogens (tertiary/aromatic N) is 6. The molecular weight excluding hydrogens is 300 g/mol. The van der Waals surface area contributed by atoms with E-state index in [-0.39, 0.29) is 0 Å². The highest BCUT2D eigenvalue weighted by Crippen LogP contribution is 2.23. The Bertz CT molecular complexity index is 1160. The molecule has 6 heteroatoms. The third kappa shape index (κ3) is 1.80. The molecule has 0 atom stereocenters. The highest BCUT2D eigenvalue weighted by Gasteiger charge is 2.14. The lowest BCUT2D eigenvalue weighted by molar-refractivity contribution is 0.892. The Labute approximate surface area is 137 Å². The molecule has 0 spiro atoms. The van der Waals surface area contributed by atoms with Crippen molar-refractivity contribution < 1.29 is 0 Å². The van der Waals surface area contributed by atoms with E-state index >= 15 is 0 Å². The molecule has 0 radical (unpaired) electrons. The highest BCUT2D eigenvalue weighted by molar-refractivity contribution is 5.85. The van der Waals surface area contributed by atoms with E-state index in [9.17, 15) is 0 Å². The van der Waals surface area contributed by atoms with Gasteiger partial charge >= 0.3 is 0 Å². The number of hydrogen-bond donors (Lipinski definition) is 0. The van der Waals surface area contributed by atoms with E-state index in [4.69, 9.17) is 9.97 Å². The standard InChI is InChI=1S/C18H14N6/c1-22-11-8-13-16(22)20-18(21-17(13)23-9-4-5-10-23)24-12-19-14-6-2-3-7-15(14)24/h2-12H,1H3. The van der Waals surface area contributed by atoms with Crippen LogP contribution in [0.2, 0.25) is 0 Å². The molecule has 0 saturated heterocycles. The first-order valence-corrected chi connectivity index (χ1v) is 7.70. The molecule has 0 fully saturated rings. The molecule has 24 heavy (non-hydrogen) atoms. The summed E-state index contributed by atoms with van der Waals surface area (Å²) in [5, 5.41) is 1.02. The van der Waals surface area contributed by atoms with Gasteiger partial charge in [0.2, 0.25) is 5.95 Å². The number of benzene rings is 1. The Balaban J connectivity index is 1.85. The van der Waals surface area contributed by atoms with Gasteiger partial charge in [-0.25, -0.2) is 4.98 Å². The van der Waals surface area contributed by atoms with Crippen LogP contribution in [0.15, 0.2) is 67.4 Å². The van der Waals surface area contributed by atoms with Crippen molar-refractivity contribution in [3.8, 4) is 11.8 Å². The summed E-state index contributed by atoms with van der Waals surface area (Å²) in [6, 6.07) is 14.0. The van der Waals surface area contributed by atoms with Crippen molar-refractivity contribution in [1.82, 2.24) is 28.7 Å². The Morgan fingerprint density at radius 1 is 0.875 bits per heavy atom. The molecule has 0 aliphatic heterocycles. The number of imidazole rings is 1. The Hall–Kier alpha value is -3.41. The van der Waals surface area contributed by atoms with Crippen LogP contribution in [0.1, 0.15) is 0 Å². The summed E-state index contributed by atoms with van der Waals surface area (Å²) < 4.78 is 5.94. The van der Waals surface area contributed by atoms with Gasteiger partial charge in [-0.3, -0.25) is 4.57 Å². The van der Waals surface area contributed by atoms with Gasteiger partial charge in [0.05, 0.1) is 16.4 Å². The first-order chi connectivity index (χ1) is 11.8. The van der Waals surface area contributed by atoms with E-state index < -0.39 is 0 Å². The third-order valence-corrected chi connectivity index (χ3v) is 4.21. The summed E-state index contributed by atoms with van der Waals surface area (Å²) in [6.07, 6.45) is 7.76. The predicted octanol–water partition coefficient (Wildman–Crippen LogP) is 3.10. The lowest BCUT2D eigenvalue weighted by Crippen LogP contribution is -2.06. The molecule has 116 valence electrons. The Morgan fingerprint density at radius 2 is 1.71 bits per heavy atom. The van der Waals surface area contributed by atoms with Gasteiger partial charge < -0.3 is 9.13 Å². The summed E-state index contributed by atoms with van der Waals surface area (Å²) in [6.45, 7) is 0. The van der Waals surface area contributed by atoms with Crippen LogP contribution in [-0.2, 0) is 7.05 Å². The minimum Gasteiger partial charge on any atom is -0.335 e. The van der Waals surface area contributed by atoms with Crippen molar-refractivity contribution in [2.45, 2.75) is 0 Å². The summed E-state index contributed by atoms with van der Waals surface area (Å²) >= 11 is 0. The normalized spacial score (nSPS) is 11.5. The minimum absolute atomic E-state index is 0.613. The average Bonchev–Trinajstić information content (AvgIpc) is 3.34. The number of fused-ring (bicyclic) bond motifs is 2. The van der Waals surface area contributed by atoms with Crippen LogP contribution in [-0.4, -0.2) is 28.7 Å². The fourth-order valence-corrected chi connectivity index (χ4v) is 3.01. The van der Waals surface area contributed by atoms with E-state index in [1.54, 1.807) is 6.33 Å². The van der Waals surface area contributed by atoms with Gasteiger partial charge in [0, 0.05) is 25.6 Å². The summed E-state index contributed by atoms with van der Waals surface area (Å²) in [7, 11) is 1.99. The second-order valence-corrected chi connectivity index (χ2v) is 5.70. The maximum absolute atomic E-state index is 4.81.